The van der Waals surface area contributed by atoms with Crippen LogP contribution in [0.4, 0.5) is 0 Å². The van der Waals surface area contributed by atoms with Crippen molar-refractivity contribution in [1.82, 2.24) is 10.6 Å². The average molecular weight is 780 g/mol. The summed E-state index contributed by atoms with van der Waals surface area (Å²) in [5, 5.41) is 48.0. The Morgan fingerprint density at radius 3 is 2.44 bits per heavy atom. The van der Waals surface area contributed by atoms with Crippen LogP contribution in [0.25, 0.3) is 0 Å². The fraction of sp³-hybridized carbons (Fsp3) is 0.684. The first-order valence-corrected chi connectivity index (χ1v) is 18.7. The summed E-state index contributed by atoms with van der Waals surface area (Å²) in [6, 6.07) is -1.07. The third kappa shape index (κ3) is 12.7. The maximum absolute atomic E-state index is 13.4. The highest BCUT2D eigenvalue weighted by atomic mass is 16.7. The minimum atomic E-state index is -1.73. The lowest BCUT2D eigenvalue weighted by Crippen LogP contribution is -2.69. The number of aliphatic hydroxyl groups is 3. The molecule has 2 amide bonds. The number of carboxylic acid groups (broad SMARTS) is 1. The van der Waals surface area contributed by atoms with Gasteiger partial charge in [-0.15, -0.1) is 0 Å². The number of fused-ring (bicyclic) bond motifs is 1. The number of ether oxygens (including phenoxy) is 5. The second kappa shape index (κ2) is 21.0. The molecule has 11 atom stereocenters. The molecule has 3 heterocycles. The standard InChI is InChI=1S/C38H61N5O12/c1-22-20-38(51-6,55-24(3)23(22)2)32(47)33(48)43-34-30-29(52-21-53-34)31(46)37(4,5)27(54-30)19-25(44)15-12-10-8-7-9-11-13-17-28(45)42-26(35(49)50)16-14-18-41-36(39)40/h7-9,11,13,17,23-27,29-32,34,44,46-47H,1,10,12,14-16,18-21H2,2-6H3,(H,42,45)(H,43,48)(H,49,50)(H4,39,40,41)/b8-7+,11-9+,17-13+/t23-,24-,25-,26?,27-,29+,30+,31-,32-,34+,38-/m1/s1. The fourth-order valence-corrected chi connectivity index (χ4v) is 6.78. The molecule has 310 valence electrons. The van der Waals surface area contributed by atoms with Crippen LogP contribution in [0.15, 0.2) is 53.6 Å². The molecule has 0 aliphatic carbocycles. The third-order valence-corrected chi connectivity index (χ3v) is 10.5. The van der Waals surface area contributed by atoms with Crippen LogP contribution < -0.4 is 22.1 Å². The Bertz CT molecular complexity index is 1430. The summed E-state index contributed by atoms with van der Waals surface area (Å²) in [7, 11) is 1.36. The Kier molecular flexibility index (Phi) is 17.5. The van der Waals surface area contributed by atoms with Gasteiger partial charge in [0.15, 0.2) is 18.3 Å². The molecule has 0 saturated carbocycles. The number of aliphatic carboxylic acids is 1. The number of hydrogen-bond donors (Lipinski definition) is 8. The third-order valence-electron chi connectivity index (χ3n) is 10.5. The Morgan fingerprint density at radius 2 is 1.78 bits per heavy atom. The normalized spacial score (nSPS) is 31.1. The zero-order valence-electron chi connectivity index (χ0n) is 32.5. The van der Waals surface area contributed by atoms with Crippen molar-refractivity contribution in [1.29, 1.82) is 0 Å². The maximum Gasteiger partial charge on any atom is 0.326 e. The van der Waals surface area contributed by atoms with Crippen molar-refractivity contribution in [3.8, 4) is 0 Å². The van der Waals surface area contributed by atoms with Crippen molar-refractivity contribution >= 4 is 23.7 Å². The first-order valence-electron chi connectivity index (χ1n) is 18.7. The Labute approximate surface area is 322 Å². The van der Waals surface area contributed by atoms with Gasteiger partial charge in [0, 0.05) is 43.9 Å². The average Bonchev–Trinajstić information content (AvgIpc) is 3.12. The number of unbranched alkanes of at least 4 members (excludes halogenated alkanes) is 1. The first kappa shape index (κ1) is 45.7. The molecule has 17 heteroatoms. The van der Waals surface area contributed by atoms with Crippen LogP contribution in [0.5, 0.6) is 0 Å². The highest BCUT2D eigenvalue weighted by molar-refractivity contribution is 5.91. The number of amides is 2. The SMILES string of the molecule is C=C1C[C@](OC)([C@H](O)C(=O)N[C@H]2OCO[C@H]3[C@@H]2O[C@H](C[C@H](O)CCC/C=C/C=C/C=C/C(=O)NC(CCCN=C(N)N)C(=O)O)C(C)(C)[C@@H]3O)O[C@H](C)[C@@H]1C. The van der Waals surface area contributed by atoms with Gasteiger partial charge in [-0.1, -0.05) is 63.3 Å². The van der Waals surface area contributed by atoms with E-state index in [0.29, 0.717) is 25.7 Å². The molecular formula is C38H61N5O12. The molecule has 0 bridgehead atoms. The Hall–Kier alpha value is -3.68. The molecule has 3 aliphatic rings. The molecule has 0 radical (unpaired) electrons. The van der Waals surface area contributed by atoms with Gasteiger partial charge in [-0.05, 0) is 39.0 Å². The van der Waals surface area contributed by atoms with E-state index >= 15 is 0 Å². The topological polar surface area (TPSA) is 267 Å². The molecule has 3 rings (SSSR count). The first-order chi connectivity index (χ1) is 25.9. The van der Waals surface area contributed by atoms with E-state index in [0.717, 1.165) is 5.57 Å². The van der Waals surface area contributed by atoms with Gasteiger partial charge in [-0.3, -0.25) is 14.6 Å². The van der Waals surface area contributed by atoms with E-state index in [1.807, 2.05) is 33.8 Å². The number of carbonyl (C=O) groups excluding carboxylic acids is 2. The molecule has 0 aromatic rings. The second-order valence-corrected chi connectivity index (χ2v) is 14.9. The lowest BCUT2D eigenvalue weighted by atomic mass is 9.72. The molecule has 3 saturated heterocycles. The summed E-state index contributed by atoms with van der Waals surface area (Å²) in [5.74, 6) is -4.24. The highest BCUT2D eigenvalue weighted by Crippen LogP contribution is 2.43. The van der Waals surface area contributed by atoms with Gasteiger partial charge < -0.3 is 66.2 Å². The predicted molar refractivity (Wildman–Crippen MR) is 202 cm³/mol. The van der Waals surface area contributed by atoms with Gasteiger partial charge in [-0.2, -0.15) is 0 Å². The van der Waals surface area contributed by atoms with Gasteiger partial charge in [0.2, 0.25) is 11.7 Å². The van der Waals surface area contributed by atoms with Crippen LogP contribution in [0, 0.1) is 11.3 Å². The number of guanidine groups is 1. The van der Waals surface area contributed by atoms with E-state index in [-0.39, 0.29) is 50.6 Å². The molecule has 10 N–H and O–H groups in total. The van der Waals surface area contributed by atoms with Crippen molar-refractivity contribution in [2.75, 3.05) is 20.4 Å². The molecule has 3 aliphatic heterocycles. The van der Waals surface area contributed by atoms with Gasteiger partial charge in [0.1, 0.15) is 25.0 Å². The molecule has 1 unspecified atom stereocenters. The van der Waals surface area contributed by atoms with Crippen LogP contribution >= 0.6 is 0 Å². The number of rotatable bonds is 19. The van der Waals surface area contributed by atoms with Crippen molar-refractivity contribution in [3.05, 3.63) is 48.6 Å². The fourth-order valence-electron chi connectivity index (χ4n) is 6.78. The van der Waals surface area contributed by atoms with Crippen LogP contribution in [-0.2, 0) is 38.1 Å². The zero-order chi connectivity index (χ0) is 40.9. The van der Waals surface area contributed by atoms with Crippen LogP contribution in [0.2, 0.25) is 0 Å². The Balaban J connectivity index is 1.48. The van der Waals surface area contributed by atoms with Crippen LogP contribution in [0.1, 0.15) is 72.6 Å². The number of hydrogen-bond acceptors (Lipinski definition) is 12. The molecule has 0 spiro atoms. The van der Waals surface area contributed by atoms with Crippen molar-refractivity contribution < 1.29 is 58.5 Å². The number of aliphatic hydroxyl groups excluding tert-OH is 3. The lowest BCUT2D eigenvalue weighted by Gasteiger charge is -2.53. The van der Waals surface area contributed by atoms with E-state index in [1.165, 1.54) is 19.3 Å². The van der Waals surface area contributed by atoms with Gasteiger partial charge in [-0.25, -0.2) is 4.79 Å². The number of carboxylic acids is 1. The van der Waals surface area contributed by atoms with E-state index in [2.05, 4.69) is 22.2 Å². The minimum Gasteiger partial charge on any atom is -0.480 e. The summed E-state index contributed by atoms with van der Waals surface area (Å²) < 4.78 is 29.4. The molecule has 55 heavy (non-hydrogen) atoms. The molecule has 0 aromatic heterocycles. The highest BCUT2D eigenvalue weighted by Gasteiger charge is 2.56. The van der Waals surface area contributed by atoms with E-state index < -0.39 is 77.9 Å². The molecular weight excluding hydrogens is 718 g/mol. The van der Waals surface area contributed by atoms with Crippen LogP contribution in [0.3, 0.4) is 0 Å². The number of nitrogens with zero attached hydrogens (tertiary/aromatic N) is 1. The summed E-state index contributed by atoms with van der Waals surface area (Å²) in [4.78, 5) is 40.7. The minimum absolute atomic E-state index is 0.00506. The quantitative estimate of drug-likeness (QED) is 0.0226. The molecule has 0 aromatic carbocycles. The van der Waals surface area contributed by atoms with Gasteiger partial charge in [0.25, 0.3) is 5.91 Å². The van der Waals surface area contributed by atoms with Crippen molar-refractivity contribution in [2.45, 2.75) is 133 Å². The lowest BCUT2D eigenvalue weighted by molar-refractivity contribution is -0.330. The molecule has 17 nitrogen and oxygen atoms in total. The smallest absolute Gasteiger partial charge is 0.326 e. The number of nitrogens with two attached hydrogens (primary N) is 2. The van der Waals surface area contributed by atoms with Gasteiger partial charge in [0.05, 0.1) is 24.4 Å². The number of carbonyl (C=O) groups is 3. The van der Waals surface area contributed by atoms with Crippen molar-refractivity contribution in [2.24, 2.45) is 27.8 Å². The van der Waals surface area contributed by atoms with Gasteiger partial charge >= 0.3 is 5.97 Å². The number of nitrogens with one attached hydrogen (secondary N) is 2. The van der Waals surface area contributed by atoms with Crippen LogP contribution in [-0.4, -0.2) is 125 Å². The maximum atomic E-state index is 13.4. The Morgan fingerprint density at radius 1 is 1.07 bits per heavy atom. The number of allylic oxidation sites excluding steroid dienone is 5. The van der Waals surface area contributed by atoms with E-state index in [9.17, 15) is 34.8 Å². The summed E-state index contributed by atoms with van der Waals surface area (Å²) in [5.41, 5.74) is 10.5. The second-order valence-electron chi connectivity index (χ2n) is 14.9. The zero-order valence-corrected chi connectivity index (χ0v) is 32.5. The summed E-state index contributed by atoms with van der Waals surface area (Å²) in [6.07, 6.45) is 5.02. The number of methoxy groups -OCH3 is 1. The predicted octanol–water partition coefficient (Wildman–Crippen LogP) is 0.874. The molecule has 3 fully saturated rings. The van der Waals surface area contributed by atoms with E-state index in [4.69, 9.17) is 35.2 Å². The largest absolute Gasteiger partial charge is 0.480 e. The monoisotopic (exact) mass is 779 g/mol. The summed E-state index contributed by atoms with van der Waals surface area (Å²) in [6.45, 7) is 11.5. The van der Waals surface area contributed by atoms with E-state index in [1.54, 1.807) is 18.2 Å². The number of aliphatic imine (C=N–C) groups is 1. The van der Waals surface area contributed by atoms with Crippen molar-refractivity contribution in [3.63, 3.8) is 0 Å². The summed E-state index contributed by atoms with van der Waals surface area (Å²) >= 11 is 0.